The number of hydrogen-bond acceptors (Lipinski definition) is 5. The molecule has 2 heterocycles. The molecule has 0 fully saturated rings. The normalized spacial score (nSPS) is 16.1. The molecule has 1 unspecified atom stereocenters. The zero-order valence-corrected chi connectivity index (χ0v) is 18.5. The van der Waals surface area contributed by atoms with Gasteiger partial charge in [-0.05, 0) is 42.2 Å². The first-order valence-electron chi connectivity index (χ1n) is 9.50. The predicted octanol–water partition coefficient (Wildman–Crippen LogP) is 6.62. The highest BCUT2D eigenvalue weighted by atomic mass is 35.5. The van der Waals surface area contributed by atoms with Gasteiger partial charge >= 0.3 is 0 Å². The Kier molecular flexibility index (Phi) is 5.23. The molecule has 150 valence electrons. The summed E-state index contributed by atoms with van der Waals surface area (Å²) in [4.78, 5) is 7.55. The monoisotopic (exact) mass is 425 g/mol. The molecule has 4 nitrogen and oxygen atoms in total. The molecule has 0 aliphatic carbocycles. The minimum absolute atomic E-state index is 0.0525. The van der Waals surface area contributed by atoms with Crippen LogP contribution in [0.15, 0.2) is 59.6 Å². The van der Waals surface area contributed by atoms with E-state index in [0.717, 1.165) is 38.2 Å². The summed E-state index contributed by atoms with van der Waals surface area (Å²) in [5.41, 5.74) is 10.1. The Morgan fingerprint density at radius 2 is 1.83 bits per heavy atom. The van der Waals surface area contributed by atoms with Crippen molar-refractivity contribution >= 4 is 34.7 Å². The van der Waals surface area contributed by atoms with Crippen molar-refractivity contribution in [2.24, 2.45) is 5.73 Å². The Morgan fingerprint density at radius 3 is 2.59 bits per heavy atom. The predicted molar refractivity (Wildman–Crippen MR) is 122 cm³/mol. The second-order valence-electron chi connectivity index (χ2n) is 8.10. The first-order chi connectivity index (χ1) is 13.8. The van der Waals surface area contributed by atoms with E-state index in [4.69, 9.17) is 22.1 Å². The molecule has 1 aromatic heterocycles. The van der Waals surface area contributed by atoms with Crippen LogP contribution in [-0.2, 0) is 5.41 Å². The van der Waals surface area contributed by atoms with Gasteiger partial charge in [0.1, 0.15) is 16.9 Å². The van der Waals surface area contributed by atoms with E-state index in [1.165, 1.54) is 0 Å². The molecular formula is C23H24ClN3OS. The van der Waals surface area contributed by atoms with Crippen LogP contribution in [-0.4, -0.2) is 10.5 Å². The number of nitrogens with zero attached hydrogens (tertiary/aromatic N) is 2. The van der Waals surface area contributed by atoms with E-state index in [2.05, 4.69) is 37.9 Å². The maximum absolute atomic E-state index is 6.55. The van der Waals surface area contributed by atoms with Crippen molar-refractivity contribution < 1.29 is 4.74 Å². The molecule has 0 amide bonds. The molecule has 0 spiro atoms. The van der Waals surface area contributed by atoms with Gasteiger partial charge in [-0.2, -0.15) is 0 Å². The number of rotatable bonds is 3. The minimum atomic E-state index is -0.311. The first kappa shape index (κ1) is 20.1. The van der Waals surface area contributed by atoms with Gasteiger partial charge in [0.25, 0.3) is 0 Å². The molecule has 3 aromatic rings. The molecule has 2 N–H and O–H groups in total. The molecule has 29 heavy (non-hydrogen) atoms. The lowest BCUT2D eigenvalue weighted by Crippen LogP contribution is -2.32. The Labute approximate surface area is 181 Å². The Bertz CT molecular complexity index is 1060. The molecule has 1 atom stereocenters. The fraction of sp³-hybridized carbons (Fsp3) is 0.261. The van der Waals surface area contributed by atoms with Crippen molar-refractivity contribution in [3.63, 3.8) is 0 Å². The number of ether oxygens (including phenoxy) is 1. The quantitative estimate of drug-likeness (QED) is 0.511. The van der Waals surface area contributed by atoms with Gasteiger partial charge in [0.15, 0.2) is 0 Å². The first-order valence-corrected chi connectivity index (χ1v) is 10.8. The number of aromatic nitrogens is 1. The van der Waals surface area contributed by atoms with E-state index in [1.54, 1.807) is 18.0 Å². The van der Waals surface area contributed by atoms with E-state index in [0.29, 0.717) is 5.88 Å². The second-order valence-corrected chi connectivity index (χ2v) is 9.60. The molecule has 0 radical (unpaired) electrons. The van der Waals surface area contributed by atoms with Crippen molar-refractivity contribution in [1.82, 2.24) is 4.98 Å². The summed E-state index contributed by atoms with van der Waals surface area (Å²) in [7, 11) is 0. The van der Waals surface area contributed by atoms with Crippen molar-refractivity contribution in [2.75, 3.05) is 4.90 Å². The third kappa shape index (κ3) is 3.70. The highest BCUT2D eigenvalue weighted by Gasteiger charge is 2.33. The molecule has 4 rings (SSSR count). The number of fused-ring (bicyclic) bond motifs is 1. The maximum Gasteiger partial charge on any atom is 0.243 e. The van der Waals surface area contributed by atoms with Crippen molar-refractivity contribution in [2.45, 2.75) is 43.5 Å². The lowest BCUT2D eigenvalue weighted by atomic mass is 9.86. The van der Waals surface area contributed by atoms with Crippen LogP contribution >= 0.6 is 23.4 Å². The lowest BCUT2D eigenvalue weighted by molar-refractivity contribution is 0.440. The van der Waals surface area contributed by atoms with Gasteiger partial charge in [-0.15, -0.1) is 0 Å². The van der Waals surface area contributed by atoms with Gasteiger partial charge < -0.3 is 15.4 Å². The molecule has 0 saturated heterocycles. The maximum atomic E-state index is 6.55. The number of pyridine rings is 1. The highest BCUT2D eigenvalue weighted by molar-refractivity contribution is 8.00. The molecule has 6 heteroatoms. The number of thioether (sulfide) groups is 1. The summed E-state index contributed by atoms with van der Waals surface area (Å²) < 4.78 is 6.35. The Morgan fingerprint density at radius 1 is 1.07 bits per heavy atom. The van der Waals surface area contributed by atoms with E-state index in [9.17, 15) is 0 Å². The number of anilines is 2. The minimum Gasteiger partial charge on any atom is -0.437 e. The third-order valence-electron chi connectivity index (χ3n) is 4.93. The van der Waals surface area contributed by atoms with Crippen molar-refractivity contribution in [1.29, 1.82) is 0 Å². The van der Waals surface area contributed by atoms with E-state index >= 15 is 0 Å². The van der Waals surface area contributed by atoms with Crippen LogP contribution < -0.4 is 15.4 Å². The van der Waals surface area contributed by atoms with Gasteiger partial charge in [-0.3, -0.25) is 0 Å². The van der Waals surface area contributed by atoms with Crippen LogP contribution in [0.5, 0.6) is 11.6 Å². The summed E-state index contributed by atoms with van der Waals surface area (Å²) in [5.74, 6) is 1.31. The molecule has 2 aromatic carbocycles. The zero-order valence-electron chi connectivity index (χ0n) is 16.9. The zero-order chi connectivity index (χ0) is 20.8. The van der Waals surface area contributed by atoms with E-state index in [-0.39, 0.29) is 10.9 Å². The number of hydrogen-bond donors (Lipinski definition) is 1. The average molecular weight is 426 g/mol. The van der Waals surface area contributed by atoms with Gasteiger partial charge in [0.2, 0.25) is 5.88 Å². The smallest absolute Gasteiger partial charge is 0.243 e. The van der Waals surface area contributed by atoms with Gasteiger partial charge in [0.05, 0.1) is 15.6 Å². The van der Waals surface area contributed by atoms with Crippen LogP contribution in [0.4, 0.5) is 11.4 Å². The van der Waals surface area contributed by atoms with Crippen LogP contribution in [0.2, 0.25) is 5.02 Å². The number of para-hydroxylation sites is 1. The van der Waals surface area contributed by atoms with Crippen LogP contribution in [0.3, 0.4) is 0 Å². The fourth-order valence-corrected chi connectivity index (χ4v) is 4.87. The van der Waals surface area contributed by atoms with Crippen LogP contribution in [0, 0.1) is 6.92 Å². The van der Waals surface area contributed by atoms with Crippen molar-refractivity contribution in [3.05, 3.63) is 70.9 Å². The van der Waals surface area contributed by atoms with E-state index < -0.39 is 0 Å². The summed E-state index contributed by atoms with van der Waals surface area (Å²) >= 11 is 8.09. The summed E-state index contributed by atoms with van der Waals surface area (Å²) in [6, 6.07) is 16.0. The summed E-state index contributed by atoms with van der Waals surface area (Å²) in [6.45, 7) is 8.51. The molecule has 1 aliphatic rings. The van der Waals surface area contributed by atoms with Crippen LogP contribution in [0.1, 0.15) is 31.9 Å². The summed E-state index contributed by atoms with van der Waals surface area (Å²) in [5, 5.41) is 0.745. The number of nitrogens with two attached hydrogens (primary N) is 1. The lowest BCUT2D eigenvalue weighted by Gasteiger charge is -2.26. The topological polar surface area (TPSA) is 51.4 Å². The van der Waals surface area contributed by atoms with Gasteiger partial charge in [-0.25, -0.2) is 4.98 Å². The number of benzene rings is 2. The summed E-state index contributed by atoms with van der Waals surface area (Å²) in [6.07, 6.45) is 1.73. The number of aryl methyl sites for hydroxylation is 1. The molecule has 0 bridgehead atoms. The SMILES string of the molecule is Cc1ccc2c(c1Cl)SC(N)N2c1cccnc1Oc1ccccc1C(C)(C)C. The Hall–Kier alpha value is -2.21. The third-order valence-corrected chi connectivity index (χ3v) is 6.63. The van der Waals surface area contributed by atoms with E-state index in [1.807, 2.05) is 48.2 Å². The van der Waals surface area contributed by atoms with Crippen molar-refractivity contribution in [3.8, 4) is 11.6 Å². The van der Waals surface area contributed by atoms with Crippen LogP contribution in [0.25, 0.3) is 0 Å². The van der Waals surface area contributed by atoms with Gasteiger partial charge in [0, 0.05) is 11.8 Å². The highest BCUT2D eigenvalue weighted by Crippen LogP contribution is 2.51. The largest absolute Gasteiger partial charge is 0.437 e. The molecule has 1 aliphatic heterocycles. The van der Waals surface area contributed by atoms with Gasteiger partial charge in [-0.1, -0.05) is 68.4 Å². The second kappa shape index (κ2) is 7.56. The Balaban J connectivity index is 1.78. The standard InChI is InChI=1S/C23H24ClN3OS/c1-14-11-12-16-20(19(14)24)29-22(25)27(16)17-9-7-13-26-21(17)28-18-10-6-5-8-15(18)23(2,3)4/h5-13,22H,25H2,1-4H3. The molecular weight excluding hydrogens is 402 g/mol. The number of halogens is 1. The molecule has 0 saturated carbocycles. The average Bonchev–Trinajstić information content (AvgIpc) is 3.01. The fourth-order valence-electron chi connectivity index (χ4n) is 3.45.